The zero-order chi connectivity index (χ0) is 22.3. The molecule has 2 rings (SSSR count). The lowest BCUT2D eigenvalue weighted by atomic mass is 10.1. The quantitative estimate of drug-likeness (QED) is 0.609. The van der Waals surface area contributed by atoms with Gasteiger partial charge in [0.25, 0.3) is 0 Å². The van der Waals surface area contributed by atoms with Crippen molar-refractivity contribution in [3.8, 4) is 5.75 Å². The first-order valence-corrected chi connectivity index (χ1v) is 11.3. The van der Waals surface area contributed by atoms with Gasteiger partial charge in [-0.25, -0.2) is 13.2 Å². The smallest absolute Gasteiger partial charge is 0.340 e. The number of para-hydroxylation sites is 1. The van der Waals surface area contributed by atoms with Gasteiger partial charge in [0.1, 0.15) is 11.8 Å². The summed E-state index contributed by atoms with van der Waals surface area (Å²) < 4.78 is 36.4. The highest BCUT2D eigenvalue weighted by atomic mass is 32.2. The molecule has 1 amide bonds. The normalized spacial score (nSPS) is 12.0. The molecular weight excluding hydrogens is 408 g/mol. The minimum absolute atomic E-state index is 0.190. The van der Waals surface area contributed by atoms with Crippen LogP contribution < -0.4 is 14.4 Å². The van der Waals surface area contributed by atoms with Crippen LogP contribution in [0.4, 0.5) is 11.4 Å². The van der Waals surface area contributed by atoms with Crippen molar-refractivity contribution in [1.82, 2.24) is 0 Å². The molecule has 2 aromatic carbocycles. The summed E-state index contributed by atoms with van der Waals surface area (Å²) in [6.45, 7) is 3.58. The Labute approximate surface area is 176 Å². The van der Waals surface area contributed by atoms with E-state index < -0.39 is 27.9 Å². The summed E-state index contributed by atoms with van der Waals surface area (Å²) in [6, 6.07) is 11.8. The monoisotopic (exact) mass is 434 g/mol. The first-order chi connectivity index (χ1) is 14.2. The van der Waals surface area contributed by atoms with Crippen LogP contribution in [0.3, 0.4) is 0 Å². The predicted molar refractivity (Wildman–Crippen MR) is 115 cm³/mol. The number of hydrogen-bond donors (Lipinski definition) is 1. The third kappa shape index (κ3) is 5.50. The fourth-order valence-electron chi connectivity index (χ4n) is 3.00. The van der Waals surface area contributed by atoms with Gasteiger partial charge < -0.3 is 14.8 Å². The van der Waals surface area contributed by atoms with Gasteiger partial charge in [0.15, 0.2) is 0 Å². The Balaban J connectivity index is 2.41. The Bertz CT molecular complexity index is 1010. The molecule has 0 aromatic heterocycles. The van der Waals surface area contributed by atoms with Gasteiger partial charge in [0, 0.05) is 6.07 Å². The van der Waals surface area contributed by atoms with Crippen LogP contribution in [0, 0.1) is 0 Å². The van der Waals surface area contributed by atoms with E-state index in [0.29, 0.717) is 11.4 Å². The summed E-state index contributed by atoms with van der Waals surface area (Å²) in [7, 11) is -2.33. The number of ether oxygens (including phenoxy) is 2. The van der Waals surface area contributed by atoms with Crippen LogP contribution in [0.5, 0.6) is 5.75 Å². The number of nitrogens with one attached hydrogen (secondary N) is 1. The molecule has 9 heteroatoms. The number of esters is 1. The first-order valence-electron chi connectivity index (χ1n) is 9.43. The molecule has 0 radical (unpaired) electrons. The van der Waals surface area contributed by atoms with E-state index in [-0.39, 0.29) is 24.3 Å². The zero-order valence-electron chi connectivity index (χ0n) is 17.4. The third-order valence-corrected chi connectivity index (χ3v) is 5.50. The van der Waals surface area contributed by atoms with Gasteiger partial charge in [0.2, 0.25) is 15.9 Å². The number of carbonyl (C=O) groups is 2. The van der Waals surface area contributed by atoms with E-state index in [2.05, 4.69) is 5.32 Å². The maximum Gasteiger partial charge on any atom is 0.340 e. The average molecular weight is 435 g/mol. The van der Waals surface area contributed by atoms with Crippen LogP contribution in [-0.2, 0) is 19.6 Å². The number of benzene rings is 2. The SMILES string of the molecule is CCOC(=O)c1ccccc1NC(=O)[C@@H](CC)N(c1cccc(OC)c1)S(C)(=O)=O. The number of sulfonamides is 1. The van der Waals surface area contributed by atoms with Crippen LogP contribution in [0.15, 0.2) is 48.5 Å². The molecular formula is C21H26N2O6S. The zero-order valence-corrected chi connectivity index (χ0v) is 18.2. The highest BCUT2D eigenvalue weighted by molar-refractivity contribution is 7.92. The van der Waals surface area contributed by atoms with Gasteiger partial charge in [-0.2, -0.15) is 0 Å². The Morgan fingerprint density at radius 3 is 2.40 bits per heavy atom. The van der Waals surface area contributed by atoms with Crippen LogP contribution >= 0.6 is 0 Å². The number of hydrogen-bond acceptors (Lipinski definition) is 6. The Morgan fingerprint density at radius 2 is 1.80 bits per heavy atom. The molecule has 0 aliphatic rings. The van der Waals surface area contributed by atoms with Crippen molar-refractivity contribution >= 4 is 33.3 Å². The molecule has 0 bridgehead atoms. The summed E-state index contributed by atoms with van der Waals surface area (Å²) in [4.78, 5) is 25.3. The summed E-state index contributed by atoms with van der Waals surface area (Å²) in [5, 5.41) is 2.67. The molecule has 2 aromatic rings. The Hall–Kier alpha value is -3.07. The van der Waals surface area contributed by atoms with Crippen molar-refractivity contribution in [2.75, 3.05) is 29.6 Å². The fourth-order valence-corrected chi connectivity index (χ4v) is 4.21. The third-order valence-electron chi connectivity index (χ3n) is 4.32. The van der Waals surface area contributed by atoms with Crippen molar-refractivity contribution in [2.24, 2.45) is 0 Å². The molecule has 30 heavy (non-hydrogen) atoms. The van der Waals surface area contributed by atoms with E-state index in [9.17, 15) is 18.0 Å². The first kappa shape index (κ1) is 23.2. The largest absolute Gasteiger partial charge is 0.497 e. The minimum Gasteiger partial charge on any atom is -0.497 e. The van der Waals surface area contributed by atoms with E-state index >= 15 is 0 Å². The number of methoxy groups -OCH3 is 1. The van der Waals surface area contributed by atoms with Crippen LogP contribution in [0.1, 0.15) is 30.6 Å². The molecule has 0 heterocycles. The van der Waals surface area contributed by atoms with E-state index in [1.54, 1.807) is 56.3 Å². The summed E-state index contributed by atoms with van der Waals surface area (Å²) in [6.07, 6.45) is 1.24. The lowest BCUT2D eigenvalue weighted by Gasteiger charge is -2.30. The molecule has 0 spiro atoms. The van der Waals surface area contributed by atoms with Crippen molar-refractivity contribution in [1.29, 1.82) is 0 Å². The molecule has 0 aliphatic carbocycles. The average Bonchev–Trinajstić information content (AvgIpc) is 2.71. The second-order valence-corrected chi connectivity index (χ2v) is 8.30. The summed E-state index contributed by atoms with van der Waals surface area (Å²) in [5.74, 6) is -0.680. The van der Waals surface area contributed by atoms with Crippen LogP contribution in [-0.4, -0.2) is 46.3 Å². The summed E-state index contributed by atoms with van der Waals surface area (Å²) in [5.41, 5.74) is 0.742. The van der Waals surface area contributed by atoms with Crippen LogP contribution in [0.25, 0.3) is 0 Å². The molecule has 1 atom stereocenters. The topological polar surface area (TPSA) is 102 Å². The second-order valence-electron chi connectivity index (χ2n) is 6.44. The standard InChI is InChI=1S/C21H26N2O6S/c1-5-19(23(30(4,26)27)15-10-9-11-16(14-15)28-3)20(24)22-18-13-8-7-12-17(18)21(25)29-6-2/h7-14,19H,5-6H2,1-4H3,(H,22,24)/t19-/m1/s1. The maximum atomic E-state index is 13.1. The maximum absolute atomic E-state index is 13.1. The molecule has 8 nitrogen and oxygen atoms in total. The lowest BCUT2D eigenvalue weighted by molar-refractivity contribution is -0.117. The van der Waals surface area contributed by atoms with E-state index in [1.165, 1.54) is 13.2 Å². The van der Waals surface area contributed by atoms with Crippen molar-refractivity contribution in [3.63, 3.8) is 0 Å². The minimum atomic E-state index is -3.80. The van der Waals surface area contributed by atoms with Gasteiger partial charge in [-0.3, -0.25) is 9.10 Å². The molecule has 0 aliphatic heterocycles. The molecule has 162 valence electrons. The van der Waals surface area contributed by atoms with Gasteiger partial charge >= 0.3 is 5.97 Å². The van der Waals surface area contributed by atoms with E-state index in [0.717, 1.165) is 10.6 Å². The lowest BCUT2D eigenvalue weighted by Crippen LogP contribution is -2.47. The van der Waals surface area contributed by atoms with Crippen molar-refractivity contribution in [3.05, 3.63) is 54.1 Å². The molecule has 0 saturated heterocycles. The van der Waals surface area contributed by atoms with Gasteiger partial charge in [0.05, 0.1) is 36.9 Å². The van der Waals surface area contributed by atoms with Gasteiger partial charge in [-0.05, 0) is 37.6 Å². The summed E-state index contributed by atoms with van der Waals surface area (Å²) >= 11 is 0. The highest BCUT2D eigenvalue weighted by Gasteiger charge is 2.32. The molecule has 0 unspecified atom stereocenters. The number of anilines is 2. The molecule has 0 fully saturated rings. The Morgan fingerprint density at radius 1 is 1.10 bits per heavy atom. The second kappa shape index (κ2) is 10.1. The predicted octanol–water partition coefficient (Wildman–Crippen LogP) is 3.06. The van der Waals surface area contributed by atoms with Crippen molar-refractivity contribution in [2.45, 2.75) is 26.3 Å². The Kier molecular flexibility index (Phi) is 7.82. The van der Waals surface area contributed by atoms with Crippen LogP contribution in [0.2, 0.25) is 0 Å². The number of nitrogens with zero attached hydrogens (tertiary/aromatic N) is 1. The van der Waals surface area contributed by atoms with E-state index in [4.69, 9.17) is 9.47 Å². The highest BCUT2D eigenvalue weighted by Crippen LogP contribution is 2.27. The van der Waals surface area contributed by atoms with Gasteiger partial charge in [-0.1, -0.05) is 25.1 Å². The molecule has 0 saturated carbocycles. The fraction of sp³-hybridized carbons (Fsp3) is 0.333. The molecule has 1 N–H and O–H groups in total. The van der Waals surface area contributed by atoms with E-state index in [1.807, 2.05) is 0 Å². The van der Waals surface area contributed by atoms with Crippen molar-refractivity contribution < 1.29 is 27.5 Å². The number of rotatable bonds is 9. The van der Waals surface area contributed by atoms with Gasteiger partial charge in [-0.15, -0.1) is 0 Å². The number of amides is 1. The number of carbonyl (C=O) groups excluding carboxylic acids is 2.